The Morgan fingerprint density at radius 2 is 2.09 bits per heavy atom. The fourth-order valence-electron chi connectivity index (χ4n) is 2.83. The van der Waals surface area contributed by atoms with Crippen molar-refractivity contribution in [3.8, 4) is 0 Å². The second kappa shape index (κ2) is 7.27. The first-order chi connectivity index (χ1) is 11.2. The van der Waals surface area contributed by atoms with Crippen molar-refractivity contribution >= 4 is 22.8 Å². The van der Waals surface area contributed by atoms with E-state index < -0.39 is 0 Å². The predicted octanol–water partition coefficient (Wildman–Crippen LogP) is 2.98. The van der Waals surface area contributed by atoms with Gasteiger partial charge in [0.25, 0.3) is 0 Å². The van der Waals surface area contributed by atoms with Crippen molar-refractivity contribution in [3.63, 3.8) is 0 Å². The minimum atomic E-state index is 0.310. The zero-order chi connectivity index (χ0) is 16.2. The molecule has 0 aliphatic carbocycles. The van der Waals surface area contributed by atoms with E-state index in [0.717, 1.165) is 48.1 Å². The fourth-order valence-corrected chi connectivity index (χ4v) is 3.71. The van der Waals surface area contributed by atoms with Crippen molar-refractivity contribution in [2.24, 2.45) is 5.92 Å². The number of aliphatic hydroxyl groups excluding tert-OH is 1. The van der Waals surface area contributed by atoms with E-state index in [1.807, 2.05) is 19.2 Å². The summed E-state index contributed by atoms with van der Waals surface area (Å²) >= 11 is 1.73. The van der Waals surface area contributed by atoms with Crippen molar-refractivity contribution in [3.05, 3.63) is 33.9 Å². The number of thiazole rings is 1. The molecule has 0 amide bonds. The normalized spacial score (nSPS) is 15.9. The van der Waals surface area contributed by atoms with Crippen molar-refractivity contribution in [2.75, 3.05) is 29.9 Å². The Hall–Kier alpha value is -1.66. The van der Waals surface area contributed by atoms with Crippen molar-refractivity contribution in [1.29, 1.82) is 0 Å². The fraction of sp³-hybridized carbons (Fsp3) is 0.529. The van der Waals surface area contributed by atoms with Crippen LogP contribution in [0.5, 0.6) is 0 Å². The lowest BCUT2D eigenvalue weighted by Gasteiger charge is -2.32. The van der Waals surface area contributed by atoms with Gasteiger partial charge >= 0.3 is 0 Å². The zero-order valence-electron chi connectivity index (χ0n) is 13.7. The molecule has 3 rings (SSSR count). The summed E-state index contributed by atoms with van der Waals surface area (Å²) in [6.45, 7) is 7.17. The Balaban J connectivity index is 1.55. The zero-order valence-corrected chi connectivity index (χ0v) is 14.6. The van der Waals surface area contributed by atoms with Gasteiger partial charge in [0.05, 0.1) is 24.1 Å². The number of aromatic nitrogens is 2. The third kappa shape index (κ3) is 4.00. The van der Waals surface area contributed by atoms with Crippen molar-refractivity contribution < 1.29 is 5.11 Å². The minimum Gasteiger partial charge on any atom is -0.396 e. The molecule has 1 fully saturated rings. The van der Waals surface area contributed by atoms with Gasteiger partial charge in [-0.05, 0) is 44.7 Å². The molecular formula is C17H24N4OS. The van der Waals surface area contributed by atoms with Crippen LogP contribution in [-0.2, 0) is 6.54 Å². The number of nitrogens with one attached hydrogen (secondary N) is 1. The number of hydrogen-bond acceptors (Lipinski definition) is 6. The second-order valence-electron chi connectivity index (χ2n) is 6.12. The number of nitrogens with zero attached hydrogens (tertiary/aromatic N) is 3. The molecule has 2 aromatic rings. The molecule has 0 spiro atoms. The highest BCUT2D eigenvalue weighted by atomic mass is 32.1. The van der Waals surface area contributed by atoms with Gasteiger partial charge in [-0.1, -0.05) is 0 Å². The molecule has 5 nitrogen and oxygen atoms in total. The Morgan fingerprint density at radius 1 is 1.30 bits per heavy atom. The second-order valence-corrected chi connectivity index (χ2v) is 7.41. The lowest BCUT2D eigenvalue weighted by Crippen LogP contribution is -2.34. The number of piperidine rings is 1. The van der Waals surface area contributed by atoms with Crippen LogP contribution < -0.4 is 10.2 Å². The molecular weight excluding hydrogens is 308 g/mol. The highest BCUT2D eigenvalue weighted by molar-refractivity contribution is 7.11. The first-order valence-corrected chi connectivity index (χ1v) is 8.96. The molecule has 1 saturated heterocycles. The van der Waals surface area contributed by atoms with Gasteiger partial charge in [0.15, 0.2) is 0 Å². The number of aliphatic hydroxyl groups is 1. The Kier molecular flexibility index (Phi) is 5.13. The van der Waals surface area contributed by atoms with Gasteiger partial charge in [-0.2, -0.15) is 0 Å². The highest BCUT2D eigenvalue weighted by Crippen LogP contribution is 2.23. The summed E-state index contributed by atoms with van der Waals surface area (Å²) in [5.41, 5.74) is 2.27. The maximum atomic E-state index is 9.21. The van der Waals surface area contributed by atoms with Gasteiger partial charge in [-0.15, -0.1) is 11.3 Å². The molecule has 1 aliphatic heterocycles. The molecule has 2 aromatic heterocycles. The Morgan fingerprint density at radius 3 is 2.65 bits per heavy atom. The van der Waals surface area contributed by atoms with Gasteiger partial charge in [0.1, 0.15) is 10.8 Å². The van der Waals surface area contributed by atoms with E-state index in [2.05, 4.69) is 33.2 Å². The van der Waals surface area contributed by atoms with E-state index in [0.29, 0.717) is 19.1 Å². The van der Waals surface area contributed by atoms with E-state index in [1.54, 1.807) is 11.3 Å². The largest absolute Gasteiger partial charge is 0.396 e. The Labute approximate surface area is 141 Å². The molecule has 124 valence electrons. The van der Waals surface area contributed by atoms with Crippen LogP contribution >= 0.6 is 11.3 Å². The standard InChI is InChI=1S/C17H24N4OS/c1-12-13(2)23-17(20-12)10-19-16-4-3-15(9-18-16)21-7-5-14(11-22)6-8-21/h3-4,9,14,22H,5-8,10-11H2,1-2H3,(H,18,19). The third-order valence-corrected chi connectivity index (χ3v) is 5.55. The number of anilines is 2. The number of hydrogen-bond donors (Lipinski definition) is 2. The molecule has 0 unspecified atom stereocenters. The molecule has 0 atom stereocenters. The molecule has 0 radical (unpaired) electrons. The summed E-state index contributed by atoms with van der Waals surface area (Å²) in [5.74, 6) is 1.34. The van der Waals surface area contributed by atoms with Crippen LogP contribution in [-0.4, -0.2) is 34.8 Å². The molecule has 23 heavy (non-hydrogen) atoms. The van der Waals surface area contributed by atoms with E-state index in [1.165, 1.54) is 4.88 Å². The number of aryl methyl sites for hydroxylation is 2. The summed E-state index contributed by atoms with van der Waals surface area (Å²) in [6.07, 6.45) is 4.04. The van der Waals surface area contributed by atoms with E-state index >= 15 is 0 Å². The van der Waals surface area contributed by atoms with E-state index in [-0.39, 0.29) is 0 Å². The summed E-state index contributed by atoms with van der Waals surface area (Å²) < 4.78 is 0. The van der Waals surface area contributed by atoms with Crippen LogP contribution in [0.15, 0.2) is 18.3 Å². The van der Waals surface area contributed by atoms with Crippen LogP contribution in [0.25, 0.3) is 0 Å². The Bertz CT molecular complexity index is 613. The quantitative estimate of drug-likeness (QED) is 0.881. The van der Waals surface area contributed by atoms with Gasteiger partial charge < -0.3 is 15.3 Å². The first kappa shape index (κ1) is 16.2. The predicted molar refractivity (Wildman–Crippen MR) is 95.2 cm³/mol. The average molecular weight is 332 g/mol. The van der Waals surface area contributed by atoms with Crippen molar-refractivity contribution in [2.45, 2.75) is 33.2 Å². The van der Waals surface area contributed by atoms with Crippen LogP contribution in [0, 0.1) is 19.8 Å². The maximum absolute atomic E-state index is 9.21. The van der Waals surface area contributed by atoms with Gasteiger partial charge in [-0.3, -0.25) is 0 Å². The summed E-state index contributed by atoms with van der Waals surface area (Å²) in [4.78, 5) is 12.7. The summed E-state index contributed by atoms with van der Waals surface area (Å²) in [6, 6.07) is 4.15. The lowest BCUT2D eigenvalue weighted by molar-refractivity contribution is 0.203. The topological polar surface area (TPSA) is 61.3 Å². The van der Waals surface area contributed by atoms with Crippen LogP contribution in [0.4, 0.5) is 11.5 Å². The molecule has 3 heterocycles. The molecule has 0 aromatic carbocycles. The van der Waals surface area contributed by atoms with Gasteiger partial charge in [0.2, 0.25) is 0 Å². The summed E-state index contributed by atoms with van der Waals surface area (Å²) in [5, 5.41) is 13.6. The molecule has 2 N–H and O–H groups in total. The highest BCUT2D eigenvalue weighted by Gasteiger charge is 2.18. The smallest absolute Gasteiger partial charge is 0.126 e. The average Bonchev–Trinajstić information content (AvgIpc) is 2.92. The first-order valence-electron chi connectivity index (χ1n) is 8.14. The van der Waals surface area contributed by atoms with E-state index in [9.17, 15) is 5.11 Å². The van der Waals surface area contributed by atoms with Crippen LogP contribution in [0.3, 0.4) is 0 Å². The SMILES string of the molecule is Cc1nc(CNc2ccc(N3CCC(CO)CC3)cn2)sc1C. The maximum Gasteiger partial charge on any atom is 0.126 e. The number of pyridine rings is 1. The van der Waals surface area contributed by atoms with Crippen molar-refractivity contribution in [1.82, 2.24) is 9.97 Å². The molecule has 0 saturated carbocycles. The lowest BCUT2D eigenvalue weighted by atomic mass is 9.98. The van der Waals surface area contributed by atoms with Crippen LogP contribution in [0.2, 0.25) is 0 Å². The van der Waals surface area contributed by atoms with Crippen LogP contribution in [0.1, 0.15) is 28.4 Å². The van der Waals surface area contributed by atoms with Gasteiger partial charge in [-0.25, -0.2) is 9.97 Å². The molecule has 1 aliphatic rings. The summed E-state index contributed by atoms with van der Waals surface area (Å²) in [7, 11) is 0. The third-order valence-electron chi connectivity index (χ3n) is 4.48. The number of rotatable bonds is 5. The molecule has 0 bridgehead atoms. The minimum absolute atomic E-state index is 0.310. The van der Waals surface area contributed by atoms with E-state index in [4.69, 9.17) is 0 Å². The monoisotopic (exact) mass is 332 g/mol. The molecule has 6 heteroatoms. The van der Waals surface area contributed by atoms with Gasteiger partial charge in [0, 0.05) is 24.6 Å².